The fraction of sp³-hybridized carbons (Fsp3) is 0.533. The van der Waals surface area contributed by atoms with Crippen molar-refractivity contribution in [2.75, 3.05) is 25.1 Å². The number of aliphatic hydroxyl groups excluding tert-OH is 2. The molecule has 128 valence electrons. The highest BCUT2D eigenvalue weighted by Gasteiger charge is 2.28. The topological polar surface area (TPSA) is 117 Å². The maximum Gasteiger partial charge on any atom is 0.411 e. The average molecular weight is 327 g/mol. The first-order chi connectivity index (χ1) is 11.1. The molecule has 2 rings (SSSR count). The highest BCUT2D eigenvalue weighted by Crippen LogP contribution is 2.20. The fourth-order valence-electron chi connectivity index (χ4n) is 2.19. The quantitative estimate of drug-likeness (QED) is 0.451. The van der Waals surface area contributed by atoms with Crippen LogP contribution in [0.4, 0.5) is 10.5 Å². The fourth-order valence-corrected chi connectivity index (χ4v) is 2.19. The third-order valence-corrected chi connectivity index (χ3v) is 3.28. The number of hydrogen-bond acceptors (Lipinski definition) is 7. The van der Waals surface area contributed by atoms with Gasteiger partial charge >= 0.3 is 6.09 Å². The molecule has 8 nitrogen and oxygen atoms in total. The van der Waals surface area contributed by atoms with Crippen LogP contribution in [0.15, 0.2) is 24.3 Å². The lowest BCUT2D eigenvalue weighted by Crippen LogP contribution is -2.39. The molecule has 1 fully saturated rings. The Labute approximate surface area is 133 Å². The minimum absolute atomic E-state index is 0.0175. The Balaban J connectivity index is 1.63. The molecule has 3 atom stereocenters. The smallest absolute Gasteiger partial charge is 0.411 e. The van der Waals surface area contributed by atoms with Crippen LogP contribution in [0.5, 0.6) is 5.75 Å². The predicted octanol–water partition coefficient (Wildman–Crippen LogP) is 0.816. The van der Waals surface area contributed by atoms with E-state index in [0.717, 1.165) is 0 Å². The van der Waals surface area contributed by atoms with Crippen LogP contribution in [-0.2, 0) is 14.2 Å². The number of carbonyl (C=O) groups excluding carboxylic acids is 1. The SMILES string of the molecule is O=C(Nc1ccc(O)cc1)OCCOC1CC(O)CC(CO)O1. The summed E-state index contributed by atoms with van der Waals surface area (Å²) in [5.41, 5.74) is 0.498. The van der Waals surface area contributed by atoms with Gasteiger partial charge in [-0.25, -0.2) is 4.79 Å². The van der Waals surface area contributed by atoms with E-state index < -0.39 is 24.6 Å². The third-order valence-electron chi connectivity index (χ3n) is 3.28. The van der Waals surface area contributed by atoms with Gasteiger partial charge in [-0.1, -0.05) is 0 Å². The molecule has 1 heterocycles. The van der Waals surface area contributed by atoms with Crippen LogP contribution in [0.2, 0.25) is 0 Å². The second-order valence-electron chi connectivity index (χ2n) is 5.17. The molecule has 23 heavy (non-hydrogen) atoms. The number of benzene rings is 1. The van der Waals surface area contributed by atoms with E-state index in [4.69, 9.17) is 24.4 Å². The number of nitrogens with one attached hydrogen (secondary N) is 1. The van der Waals surface area contributed by atoms with Gasteiger partial charge in [0.25, 0.3) is 0 Å². The first kappa shape index (κ1) is 17.5. The number of carbonyl (C=O) groups is 1. The van der Waals surface area contributed by atoms with Crippen molar-refractivity contribution in [2.45, 2.75) is 31.3 Å². The van der Waals surface area contributed by atoms with Crippen LogP contribution in [0.25, 0.3) is 0 Å². The molecule has 8 heteroatoms. The van der Waals surface area contributed by atoms with Crippen molar-refractivity contribution in [3.8, 4) is 5.75 Å². The van der Waals surface area contributed by atoms with Crippen LogP contribution in [0.1, 0.15) is 12.8 Å². The number of hydrogen-bond donors (Lipinski definition) is 4. The summed E-state index contributed by atoms with van der Waals surface area (Å²) in [4.78, 5) is 11.5. The van der Waals surface area contributed by atoms with Gasteiger partial charge in [-0.3, -0.25) is 5.32 Å². The highest BCUT2D eigenvalue weighted by atomic mass is 16.7. The maximum atomic E-state index is 11.5. The van der Waals surface area contributed by atoms with Gasteiger partial charge in [0.1, 0.15) is 12.4 Å². The third kappa shape index (κ3) is 6.03. The molecule has 0 aliphatic carbocycles. The molecular formula is C15H21NO7. The monoisotopic (exact) mass is 327 g/mol. The summed E-state index contributed by atoms with van der Waals surface area (Å²) in [6.07, 6.45) is -1.60. The molecule has 4 N–H and O–H groups in total. The molecule has 1 saturated heterocycles. The van der Waals surface area contributed by atoms with Crippen LogP contribution in [0, 0.1) is 0 Å². The number of phenolic OH excluding ortho intramolecular Hbond substituents is 1. The van der Waals surface area contributed by atoms with E-state index in [0.29, 0.717) is 18.5 Å². The first-order valence-corrected chi connectivity index (χ1v) is 7.35. The molecule has 0 spiro atoms. The minimum atomic E-state index is -0.642. The molecule has 1 aliphatic heterocycles. The number of aromatic hydroxyl groups is 1. The molecule has 1 aromatic rings. The van der Waals surface area contributed by atoms with Crippen LogP contribution in [0.3, 0.4) is 0 Å². The molecular weight excluding hydrogens is 306 g/mol. The van der Waals surface area contributed by atoms with Crippen molar-refractivity contribution in [3.63, 3.8) is 0 Å². The first-order valence-electron chi connectivity index (χ1n) is 7.35. The zero-order valence-corrected chi connectivity index (χ0v) is 12.6. The summed E-state index contributed by atoms with van der Waals surface area (Å²) in [5.74, 6) is 0.105. The van der Waals surface area contributed by atoms with E-state index in [1.165, 1.54) is 12.1 Å². The summed E-state index contributed by atoms with van der Waals surface area (Å²) in [5, 5.41) is 30.3. The van der Waals surface area contributed by atoms with Crippen LogP contribution < -0.4 is 5.32 Å². The van der Waals surface area contributed by atoms with E-state index in [2.05, 4.69) is 5.32 Å². The van der Waals surface area contributed by atoms with E-state index in [-0.39, 0.29) is 25.6 Å². The van der Waals surface area contributed by atoms with Gasteiger partial charge in [-0.05, 0) is 24.3 Å². The van der Waals surface area contributed by atoms with Gasteiger partial charge in [-0.15, -0.1) is 0 Å². The predicted molar refractivity (Wildman–Crippen MR) is 80.0 cm³/mol. The van der Waals surface area contributed by atoms with E-state index in [1.807, 2.05) is 0 Å². The number of phenols is 1. The Morgan fingerprint density at radius 2 is 2.00 bits per heavy atom. The van der Waals surface area contributed by atoms with Gasteiger partial charge in [-0.2, -0.15) is 0 Å². The van der Waals surface area contributed by atoms with Crippen molar-refractivity contribution in [3.05, 3.63) is 24.3 Å². The molecule has 1 aromatic carbocycles. The van der Waals surface area contributed by atoms with E-state index in [1.54, 1.807) is 12.1 Å². The standard InChI is InChI=1S/C15H21NO7/c17-9-13-7-12(19)8-14(23-13)21-5-6-22-15(20)16-10-1-3-11(18)4-2-10/h1-4,12-14,17-19H,5-9H2,(H,16,20). The Morgan fingerprint density at radius 1 is 1.26 bits per heavy atom. The van der Waals surface area contributed by atoms with Crippen molar-refractivity contribution in [2.24, 2.45) is 0 Å². The van der Waals surface area contributed by atoms with Gasteiger partial charge in [0, 0.05) is 18.5 Å². The van der Waals surface area contributed by atoms with Crippen molar-refractivity contribution < 1.29 is 34.3 Å². The average Bonchev–Trinajstić information content (AvgIpc) is 2.53. The summed E-state index contributed by atoms with van der Waals surface area (Å²) in [7, 11) is 0. The Morgan fingerprint density at radius 3 is 2.70 bits per heavy atom. The maximum absolute atomic E-state index is 11.5. The molecule has 3 unspecified atom stereocenters. The number of anilines is 1. The molecule has 1 aliphatic rings. The van der Waals surface area contributed by atoms with Gasteiger partial charge in [0.15, 0.2) is 6.29 Å². The summed E-state index contributed by atoms with van der Waals surface area (Å²) in [6.45, 7) is -0.0509. The lowest BCUT2D eigenvalue weighted by Gasteiger charge is -2.31. The Bertz CT molecular complexity index is 493. The lowest BCUT2D eigenvalue weighted by atomic mass is 10.1. The Hall–Kier alpha value is -1.87. The zero-order chi connectivity index (χ0) is 16.7. The number of rotatable bonds is 6. The van der Waals surface area contributed by atoms with Gasteiger partial charge < -0.3 is 29.5 Å². The van der Waals surface area contributed by atoms with Crippen molar-refractivity contribution in [1.29, 1.82) is 0 Å². The van der Waals surface area contributed by atoms with Crippen LogP contribution in [-0.4, -0.2) is 59.7 Å². The zero-order valence-electron chi connectivity index (χ0n) is 12.6. The van der Waals surface area contributed by atoms with Crippen molar-refractivity contribution in [1.82, 2.24) is 0 Å². The molecule has 0 radical (unpaired) electrons. The van der Waals surface area contributed by atoms with Crippen molar-refractivity contribution >= 4 is 11.8 Å². The van der Waals surface area contributed by atoms with Gasteiger partial charge in [0.05, 0.1) is 25.4 Å². The van der Waals surface area contributed by atoms with E-state index in [9.17, 15) is 9.90 Å². The van der Waals surface area contributed by atoms with Crippen LogP contribution >= 0.6 is 0 Å². The second-order valence-corrected chi connectivity index (χ2v) is 5.17. The highest BCUT2D eigenvalue weighted by molar-refractivity contribution is 5.84. The normalized spacial score (nSPS) is 24.2. The largest absolute Gasteiger partial charge is 0.508 e. The second kappa shape index (κ2) is 8.68. The molecule has 0 aromatic heterocycles. The Kier molecular flexibility index (Phi) is 6.60. The summed E-state index contributed by atoms with van der Waals surface area (Å²) < 4.78 is 15.7. The number of amides is 1. The van der Waals surface area contributed by atoms with Gasteiger partial charge in [0.2, 0.25) is 0 Å². The molecule has 1 amide bonds. The molecule has 0 saturated carbocycles. The molecule has 0 bridgehead atoms. The summed E-state index contributed by atoms with van der Waals surface area (Å²) >= 11 is 0. The number of aliphatic hydroxyl groups is 2. The number of ether oxygens (including phenoxy) is 3. The van der Waals surface area contributed by atoms with E-state index >= 15 is 0 Å². The minimum Gasteiger partial charge on any atom is -0.508 e. The summed E-state index contributed by atoms with van der Waals surface area (Å²) in [6, 6.07) is 5.98. The lowest BCUT2D eigenvalue weighted by molar-refractivity contribution is -0.223.